The number of benzene rings is 1. The molecule has 0 bridgehead atoms. The molecule has 3 nitrogen and oxygen atoms in total. The lowest BCUT2D eigenvalue weighted by Crippen LogP contribution is -2.45. The van der Waals surface area contributed by atoms with E-state index in [0.29, 0.717) is 17.4 Å². The van der Waals surface area contributed by atoms with E-state index in [0.717, 1.165) is 31.5 Å². The molecule has 2 N–H and O–H groups in total. The summed E-state index contributed by atoms with van der Waals surface area (Å²) in [4.78, 5) is 14.2. The number of halogens is 1. The average molecular weight is 281 g/mol. The van der Waals surface area contributed by atoms with Gasteiger partial charge in [0, 0.05) is 24.2 Å². The number of nitrogens with two attached hydrogens (primary N) is 1. The Morgan fingerprint density at radius 3 is 3.05 bits per heavy atom. The van der Waals surface area contributed by atoms with Gasteiger partial charge in [0.2, 0.25) is 5.91 Å². The molecule has 2 rings (SSSR count). The van der Waals surface area contributed by atoms with Crippen molar-refractivity contribution >= 4 is 17.5 Å². The lowest BCUT2D eigenvalue weighted by atomic mass is 9.92. The van der Waals surface area contributed by atoms with Crippen molar-refractivity contribution in [2.45, 2.75) is 32.2 Å². The van der Waals surface area contributed by atoms with E-state index >= 15 is 0 Å². The van der Waals surface area contributed by atoms with Gasteiger partial charge in [0.05, 0.1) is 6.42 Å². The second-order valence-electron chi connectivity index (χ2n) is 5.41. The molecule has 1 saturated heterocycles. The average Bonchev–Trinajstić information content (AvgIpc) is 2.39. The van der Waals surface area contributed by atoms with Crippen LogP contribution in [0.5, 0.6) is 0 Å². The highest BCUT2D eigenvalue weighted by atomic mass is 35.5. The van der Waals surface area contributed by atoms with Crippen LogP contribution in [0.3, 0.4) is 0 Å². The van der Waals surface area contributed by atoms with Crippen molar-refractivity contribution in [2.24, 2.45) is 11.7 Å². The van der Waals surface area contributed by atoms with Gasteiger partial charge < -0.3 is 10.6 Å². The van der Waals surface area contributed by atoms with Crippen LogP contribution in [-0.4, -0.2) is 29.9 Å². The molecule has 1 heterocycles. The predicted octanol–water partition coefficient (Wildman–Crippen LogP) is 2.47. The number of amides is 1. The van der Waals surface area contributed by atoms with E-state index in [1.165, 1.54) is 0 Å². The Morgan fingerprint density at radius 2 is 2.37 bits per heavy atom. The van der Waals surface area contributed by atoms with E-state index in [-0.39, 0.29) is 11.9 Å². The first-order valence-corrected chi connectivity index (χ1v) is 7.22. The summed E-state index contributed by atoms with van der Waals surface area (Å²) in [6, 6.07) is 7.65. The molecule has 0 aromatic heterocycles. The first-order valence-electron chi connectivity index (χ1n) is 6.84. The molecule has 0 saturated carbocycles. The van der Waals surface area contributed by atoms with Crippen LogP contribution in [0.1, 0.15) is 25.3 Å². The number of nitrogens with zero attached hydrogens (tertiary/aromatic N) is 1. The molecule has 1 aromatic rings. The predicted molar refractivity (Wildman–Crippen MR) is 78.1 cm³/mol. The fourth-order valence-corrected chi connectivity index (χ4v) is 2.81. The molecule has 104 valence electrons. The zero-order chi connectivity index (χ0) is 13.8. The van der Waals surface area contributed by atoms with Gasteiger partial charge in [0.1, 0.15) is 0 Å². The van der Waals surface area contributed by atoms with Crippen molar-refractivity contribution in [1.82, 2.24) is 4.90 Å². The van der Waals surface area contributed by atoms with E-state index in [1.807, 2.05) is 36.1 Å². The van der Waals surface area contributed by atoms with Gasteiger partial charge in [-0.2, -0.15) is 0 Å². The standard InChI is InChI=1S/C15H21ClN2O/c1-11(17)13-5-3-7-18(10-13)15(19)9-12-4-2-6-14(16)8-12/h2,4,6,8,11,13H,3,5,7,9-10,17H2,1H3/t11-,13-/m1/s1. The second-order valence-corrected chi connectivity index (χ2v) is 5.84. The van der Waals surface area contributed by atoms with Crippen LogP contribution < -0.4 is 5.73 Å². The lowest BCUT2D eigenvalue weighted by molar-refractivity contribution is -0.132. The van der Waals surface area contributed by atoms with Crippen molar-refractivity contribution in [1.29, 1.82) is 0 Å². The van der Waals surface area contributed by atoms with Gasteiger partial charge in [0.15, 0.2) is 0 Å². The molecule has 1 aliphatic heterocycles. The van der Waals surface area contributed by atoms with Gasteiger partial charge in [-0.15, -0.1) is 0 Å². The first-order chi connectivity index (χ1) is 9.06. The SMILES string of the molecule is C[C@@H](N)[C@@H]1CCCN(C(=O)Cc2cccc(Cl)c2)C1. The lowest BCUT2D eigenvalue weighted by Gasteiger charge is -2.34. The Labute approximate surface area is 119 Å². The highest BCUT2D eigenvalue weighted by molar-refractivity contribution is 6.30. The maximum Gasteiger partial charge on any atom is 0.227 e. The van der Waals surface area contributed by atoms with Gasteiger partial charge >= 0.3 is 0 Å². The summed E-state index contributed by atoms with van der Waals surface area (Å²) < 4.78 is 0. The normalized spacial score (nSPS) is 21.2. The number of carbonyl (C=O) groups excluding carboxylic acids is 1. The summed E-state index contributed by atoms with van der Waals surface area (Å²) in [6.07, 6.45) is 2.60. The van der Waals surface area contributed by atoms with Crippen LogP contribution in [0.15, 0.2) is 24.3 Å². The summed E-state index contributed by atoms with van der Waals surface area (Å²) in [5, 5.41) is 0.678. The molecule has 0 aliphatic carbocycles. The molecule has 19 heavy (non-hydrogen) atoms. The number of piperidine rings is 1. The van der Waals surface area contributed by atoms with E-state index < -0.39 is 0 Å². The third kappa shape index (κ3) is 3.95. The third-order valence-corrected chi connectivity index (χ3v) is 4.03. The minimum Gasteiger partial charge on any atom is -0.342 e. The summed E-state index contributed by atoms with van der Waals surface area (Å²) in [5.74, 6) is 0.602. The monoisotopic (exact) mass is 280 g/mol. The quantitative estimate of drug-likeness (QED) is 0.924. The van der Waals surface area contributed by atoms with Crippen LogP contribution in [-0.2, 0) is 11.2 Å². The van der Waals surface area contributed by atoms with Crippen molar-refractivity contribution in [2.75, 3.05) is 13.1 Å². The number of hydrogen-bond acceptors (Lipinski definition) is 2. The molecule has 2 atom stereocenters. The highest BCUT2D eigenvalue weighted by Gasteiger charge is 2.25. The zero-order valence-corrected chi connectivity index (χ0v) is 12.1. The molecule has 1 aromatic carbocycles. The Morgan fingerprint density at radius 1 is 1.58 bits per heavy atom. The summed E-state index contributed by atoms with van der Waals surface area (Å²) in [5.41, 5.74) is 6.92. The van der Waals surface area contributed by atoms with Crippen LogP contribution in [0, 0.1) is 5.92 Å². The molecule has 1 fully saturated rings. The summed E-state index contributed by atoms with van der Waals surface area (Å²) >= 11 is 5.94. The molecule has 0 radical (unpaired) electrons. The van der Waals surface area contributed by atoms with Crippen LogP contribution in [0.4, 0.5) is 0 Å². The van der Waals surface area contributed by atoms with Gasteiger partial charge in [-0.3, -0.25) is 4.79 Å². The van der Waals surface area contributed by atoms with Gasteiger partial charge in [0.25, 0.3) is 0 Å². The summed E-state index contributed by atoms with van der Waals surface area (Å²) in [7, 11) is 0. The van der Waals surface area contributed by atoms with E-state index in [2.05, 4.69) is 0 Å². The largest absolute Gasteiger partial charge is 0.342 e. The van der Waals surface area contributed by atoms with Crippen LogP contribution >= 0.6 is 11.6 Å². The minimum absolute atomic E-state index is 0.154. The van der Waals surface area contributed by atoms with Gasteiger partial charge in [-0.1, -0.05) is 23.7 Å². The minimum atomic E-state index is 0.154. The van der Waals surface area contributed by atoms with Crippen LogP contribution in [0.25, 0.3) is 0 Å². The Balaban J connectivity index is 1.96. The fourth-order valence-electron chi connectivity index (χ4n) is 2.60. The molecular weight excluding hydrogens is 260 g/mol. The number of carbonyl (C=O) groups is 1. The maximum atomic E-state index is 12.3. The Hall–Kier alpha value is -1.06. The Bertz CT molecular complexity index is 448. The highest BCUT2D eigenvalue weighted by Crippen LogP contribution is 2.20. The van der Waals surface area contributed by atoms with E-state index in [1.54, 1.807) is 0 Å². The summed E-state index contributed by atoms with van der Waals surface area (Å²) in [6.45, 7) is 3.66. The van der Waals surface area contributed by atoms with Gasteiger partial charge in [-0.25, -0.2) is 0 Å². The van der Waals surface area contributed by atoms with E-state index in [4.69, 9.17) is 17.3 Å². The molecular formula is C15H21ClN2O. The van der Waals surface area contributed by atoms with Crippen molar-refractivity contribution in [3.63, 3.8) is 0 Å². The third-order valence-electron chi connectivity index (χ3n) is 3.80. The zero-order valence-electron chi connectivity index (χ0n) is 11.3. The van der Waals surface area contributed by atoms with E-state index in [9.17, 15) is 4.79 Å². The molecule has 1 aliphatic rings. The first kappa shape index (κ1) is 14.4. The maximum absolute atomic E-state index is 12.3. The smallest absolute Gasteiger partial charge is 0.227 e. The number of rotatable bonds is 3. The molecule has 0 unspecified atom stereocenters. The fraction of sp³-hybridized carbons (Fsp3) is 0.533. The molecule has 0 spiro atoms. The molecule has 1 amide bonds. The number of likely N-dealkylation sites (tertiary alicyclic amines) is 1. The van der Waals surface area contributed by atoms with Crippen molar-refractivity contribution < 1.29 is 4.79 Å². The topological polar surface area (TPSA) is 46.3 Å². The molecule has 4 heteroatoms. The van der Waals surface area contributed by atoms with Gasteiger partial charge in [-0.05, 0) is 43.4 Å². The number of hydrogen-bond donors (Lipinski definition) is 1. The van der Waals surface area contributed by atoms with Crippen LogP contribution in [0.2, 0.25) is 5.02 Å². The van der Waals surface area contributed by atoms with Crippen molar-refractivity contribution in [3.8, 4) is 0 Å². The second kappa shape index (κ2) is 6.40. The van der Waals surface area contributed by atoms with Crippen molar-refractivity contribution in [3.05, 3.63) is 34.9 Å². The Kier molecular flexibility index (Phi) is 4.83.